The van der Waals surface area contributed by atoms with E-state index in [2.05, 4.69) is 29.1 Å². The molecule has 2 heterocycles. The van der Waals surface area contributed by atoms with E-state index < -0.39 is 0 Å². The third kappa shape index (κ3) is 4.58. The van der Waals surface area contributed by atoms with Gasteiger partial charge >= 0.3 is 0 Å². The van der Waals surface area contributed by atoms with E-state index in [1.54, 1.807) is 6.33 Å². The van der Waals surface area contributed by atoms with Gasteiger partial charge in [-0.2, -0.15) is 0 Å². The van der Waals surface area contributed by atoms with Gasteiger partial charge in [0, 0.05) is 45.7 Å². The maximum atomic E-state index is 12.1. The first kappa shape index (κ1) is 16.5. The van der Waals surface area contributed by atoms with Crippen molar-refractivity contribution in [3.8, 4) is 0 Å². The lowest BCUT2D eigenvalue weighted by atomic mass is 10.0. The molecule has 22 heavy (non-hydrogen) atoms. The number of hydrogen-bond acceptors (Lipinski definition) is 5. The van der Waals surface area contributed by atoms with Crippen molar-refractivity contribution in [1.82, 2.24) is 14.9 Å². The predicted molar refractivity (Wildman–Crippen MR) is 89.0 cm³/mol. The Hall–Kier alpha value is -1.85. The van der Waals surface area contributed by atoms with E-state index >= 15 is 0 Å². The molecule has 0 spiro atoms. The number of amides is 1. The van der Waals surface area contributed by atoms with Crippen molar-refractivity contribution < 1.29 is 4.79 Å². The number of rotatable bonds is 5. The second-order valence-corrected chi connectivity index (χ2v) is 6.55. The SMILES string of the molecule is CC(C)CC(=O)N1CCC(Nc2cc(N(C)C)ncn2)CC1. The van der Waals surface area contributed by atoms with Crippen LogP contribution in [-0.4, -0.2) is 54.0 Å². The zero-order valence-electron chi connectivity index (χ0n) is 14.0. The Morgan fingerprint density at radius 2 is 2.05 bits per heavy atom. The van der Waals surface area contributed by atoms with Crippen LogP contribution in [0.15, 0.2) is 12.4 Å². The molecule has 6 heteroatoms. The molecule has 0 saturated carbocycles. The Morgan fingerprint density at radius 1 is 1.36 bits per heavy atom. The number of anilines is 2. The van der Waals surface area contributed by atoms with E-state index in [0.29, 0.717) is 18.4 Å². The predicted octanol–water partition coefficient (Wildman–Crippen LogP) is 1.99. The molecule has 1 saturated heterocycles. The number of carbonyl (C=O) groups excluding carboxylic acids is 1. The molecule has 2 rings (SSSR count). The summed E-state index contributed by atoms with van der Waals surface area (Å²) in [6.45, 7) is 5.83. The van der Waals surface area contributed by atoms with Crippen LogP contribution in [0.25, 0.3) is 0 Å². The highest BCUT2D eigenvalue weighted by atomic mass is 16.2. The molecule has 6 nitrogen and oxygen atoms in total. The van der Waals surface area contributed by atoms with Gasteiger partial charge < -0.3 is 15.1 Å². The van der Waals surface area contributed by atoms with Crippen LogP contribution in [0.1, 0.15) is 33.1 Å². The first-order valence-corrected chi connectivity index (χ1v) is 7.99. The zero-order chi connectivity index (χ0) is 16.1. The van der Waals surface area contributed by atoms with Gasteiger partial charge in [0.2, 0.25) is 5.91 Å². The highest BCUT2D eigenvalue weighted by Crippen LogP contribution is 2.18. The Kier molecular flexibility index (Phi) is 5.57. The van der Waals surface area contributed by atoms with E-state index in [4.69, 9.17) is 0 Å². The number of carbonyl (C=O) groups is 1. The van der Waals surface area contributed by atoms with E-state index in [9.17, 15) is 4.79 Å². The standard InChI is InChI=1S/C16H27N5O/c1-12(2)9-16(22)21-7-5-13(6-8-21)19-14-10-15(20(3)4)18-11-17-14/h10-13H,5-9H2,1-4H3,(H,17,18,19). The molecule has 1 aliphatic heterocycles. The van der Waals surface area contributed by atoms with E-state index in [0.717, 1.165) is 37.6 Å². The average Bonchev–Trinajstić information content (AvgIpc) is 2.47. The van der Waals surface area contributed by atoms with Crippen LogP contribution in [0.3, 0.4) is 0 Å². The summed E-state index contributed by atoms with van der Waals surface area (Å²) in [4.78, 5) is 24.5. The van der Waals surface area contributed by atoms with Gasteiger partial charge in [-0.3, -0.25) is 4.79 Å². The highest BCUT2D eigenvalue weighted by molar-refractivity contribution is 5.76. The summed E-state index contributed by atoms with van der Waals surface area (Å²) in [5.41, 5.74) is 0. The summed E-state index contributed by atoms with van der Waals surface area (Å²) >= 11 is 0. The van der Waals surface area contributed by atoms with Crippen molar-refractivity contribution in [2.45, 2.75) is 39.2 Å². The topological polar surface area (TPSA) is 61.4 Å². The molecule has 1 amide bonds. The van der Waals surface area contributed by atoms with Crippen molar-refractivity contribution in [3.63, 3.8) is 0 Å². The van der Waals surface area contributed by atoms with Gasteiger partial charge in [-0.25, -0.2) is 9.97 Å². The molecular weight excluding hydrogens is 278 g/mol. The normalized spacial score (nSPS) is 16.0. The van der Waals surface area contributed by atoms with Gasteiger partial charge in [-0.15, -0.1) is 0 Å². The molecule has 0 aliphatic carbocycles. The van der Waals surface area contributed by atoms with Gasteiger partial charge in [-0.05, 0) is 18.8 Å². The number of nitrogens with one attached hydrogen (secondary N) is 1. The van der Waals surface area contributed by atoms with Crippen LogP contribution in [0.5, 0.6) is 0 Å². The molecule has 1 aromatic heterocycles. The molecule has 1 fully saturated rings. The quantitative estimate of drug-likeness (QED) is 0.901. The Labute approximate surface area is 132 Å². The van der Waals surface area contributed by atoms with Crippen LogP contribution >= 0.6 is 0 Å². The lowest BCUT2D eigenvalue weighted by molar-refractivity contribution is -0.132. The maximum Gasteiger partial charge on any atom is 0.222 e. The van der Waals surface area contributed by atoms with Gasteiger partial charge in [0.15, 0.2) is 0 Å². The van der Waals surface area contributed by atoms with Crippen LogP contribution in [0.4, 0.5) is 11.6 Å². The molecule has 122 valence electrons. The van der Waals surface area contributed by atoms with Crippen LogP contribution in [0.2, 0.25) is 0 Å². The van der Waals surface area contributed by atoms with Gasteiger partial charge in [0.05, 0.1) is 0 Å². The van der Waals surface area contributed by atoms with Crippen molar-refractivity contribution in [2.24, 2.45) is 5.92 Å². The van der Waals surface area contributed by atoms with Crippen LogP contribution < -0.4 is 10.2 Å². The summed E-state index contributed by atoms with van der Waals surface area (Å²) < 4.78 is 0. The zero-order valence-corrected chi connectivity index (χ0v) is 14.0. The average molecular weight is 305 g/mol. The number of likely N-dealkylation sites (tertiary alicyclic amines) is 1. The minimum Gasteiger partial charge on any atom is -0.367 e. The molecule has 1 aliphatic rings. The van der Waals surface area contributed by atoms with Crippen molar-refractivity contribution >= 4 is 17.5 Å². The first-order valence-electron chi connectivity index (χ1n) is 7.99. The second-order valence-electron chi connectivity index (χ2n) is 6.55. The van der Waals surface area contributed by atoms with Gasteiger partial charge in [0.25, 0.3) is 0 Å². The first-order chi connectivity index (χ1) is 10.5. The van der Waals surface area contributed by atoms with E-state index in [1.807, 2.05) is 30.0 Å². The fourth-order valence-corrected chi connectivity index (χ4v) is 2.63. The number of nitrogens with zero attached hydrogens (tertiary/aromatic N) is 4. The second kappa shape index (κ2) is 7.42. The summed E-state index contributed by atoms with van der Waals surface area (Å²) in [5.74, 6) is 2.45. The third-order valence-electron chi connectivity index (χ3n) is 3.89. The largest absolute Gasteiger partial charge is 0.367 e. The molecule has 0 aromatic carbocycles. The molecule has 0 unspecified atom stereocenters. The maximum absolute atomic E-state index is 12.1. The molecule has 0 radical (unpaired) electrons. The fourth-order valence-electron chi connectivity index (χ4n) is 2.63. The minimum absolute atomic E-state index is 0.283. The Morgan fingerprint density at radius 3 is 2.64 bits per heavy atom. The van der Waals surface area contributed by atoms with Gasteiger partial charge in [-0.1, -0.05) is 13.8 Å². The molecule has 1 aromatic rings. The lowest BCUT2D eigenvalue weighted by Crippen LogP contribution is -2.42. The minimum atomic E-state index is 0.283. The number of hydrogen-bond donors (Lipinski definition) is 1. The highest BCUT2D eigenvalue weighted by Gasteiger charge is 2.23. The van der Waals surface area contributed by atoms with Crippen molar-refractivity contribution in [1.29, 1.82) is 0 Å². The molecule has 1 N–H and O–H groups in total. The smallest absolute Gasteiger partial charge is 0.222 e. The van der Waals surface area contributed by atoms with Crippen LogP contribution in [0, 0.1) is 5.92 Å². The Bertz CT molecular complexity index is 495. The summed E-state index contributed by atoms with van der Waals surface area (Å²) in [6, 6.07) is 2.32. The van der Waals surface area contributed by atoms with Crippen molar-refractivity contribution in [3.05, 3.63) is 12.4 Å². The summed E-state index contributed by atoms with van der Waals surface area (Å²) in [5, 5.41) is 3.46. The third-order valence-corrected chi connectivity index (χ3v) is 3.89. The molecule has 0 bridgehead atoms. The number of piperidine rings is 1. The monoisotopic (exact) mass is 305 g/mol. The fraction of sp³-hybridized carbons (Fsp3) is 0.688. The van der Waals surface area contributed by atoms with E-state index in [-0.39, 0.29) is 5.91 Å². The van der Waals surface area contributed by atoms with E-state index in [1.165, 1.54) is 0 Å². The van der Waals surface area contributed by atoms with Crippen LogP contribution in [-0.2, 0) is 4.79 Å². The lowest BCUT2D eigenvalue weighted by Gasteiger charge is -2.33. The molecule has 0 atom stereocenters. The van der Waals surface area contributed by atoms with Gasteiger partial charge in [0.1, 0.15) is 18.0 Å². The summed E-state index contributed by atoms with van der Waals surface area (Å²) in [7, 11) is 3.93. The Balaban J connectivity index is 1.85. The number of aromatic nitrogens is 2. The van der Waals surface area contributed by atoms with Crippen molar-refractivity contribution in [2.75, 3.05) is 37.4 Å². The molecular formula is C16H27N5O. The summed E-state index contributed by atoms with van der Waals surface area (Å²) in [6.07, 6.45) is 4.16.